The maximum absolute atomic E-state index is 13.1. The highest BCUT2D eigenvalue weighted by atomic mass is 35.5. The van der Waals surface area contributed by atoms with Gasteiger partial charge in [0.1, 0.15) is 0 Å². The first-order valence-electron chi connectivity index (χ1n) is 8.60. The van der Waals surface area contributed by atoms with Crippen molar-refractivity contribution in [1.29, 1.82) is 0 Å². The Morgan fingerprint density at radius 3 is 2.58 bits per heavy atom. The van der Waals surface area contributed by atoms with E-state index in [0.717, 1.165) is 48.3 Å². The molecule has 0 spiro atoms. The van der Waals surface area contributed by atoms with E-state index >= 15 is 0 Å². The van der Waals surface area contributed by atoms with E-state index in [1.807, 2.05) is 24.3 Å². The van der Waals surface area contributed by atoms with Gasteiger partial charge in [-0.3, -0.25) is 0 Å². The van der Waals surface area contributed by atoms with Crippen molar-refractivity contribution in [2.75, 3.05) is 6.54 Å². The van der Waals surface area contributed by atoms with Gasteiger partial charge in [-0.2, -0.15) is 13.2 Å². The van der Waals surface area contributed by atoms with Crippen LogP contribution in [0.5, 0.6) is 0 Å². The zero-order valence-corrected chi connectivity index (χ0v) is 14.8. The number of fused-ring (bicyclic) bond motifs is 3. The van der Waals surface area contributed by atoms with Crippen molar-refractivity contribution in [2.24, 2.45) is 0 Å². The summed E-state index contributed by atoms with van der Waals surface area (Å²) in [5.74, 6) is 0. The van der Waals surface area contributed by atoms with Crippen molar-refractivity contribution in [3.05, 3.63) is 69.9 Å². The van der Waals surface area contributed by atoms with E-state index in [2.05, 4.69) is 9.88 Å². The standard InChI is InChI=1S/C20H18ClF3N2/c21-15-4-1-13(2-5-15)8-10-26-18-6-3-14(20(22,23)24)11-16(18)17-12-25-9-7-19(17)26/h1-6,11,25H,7-10,12H2. The zero-order valence-electron chi connectivity index (χ0n) is 14.0. The van der Waals surface area contributed by atoms with Gasteiger partial charge in [-0.05, 0) is 47.9 Å². The lowest BCUT2D eigenvalue weighted by Crippen LogP contribution is -2.24. The Morgan fingerprint density at radius 1 is 1.08 bits per heavy atom. The molecule has 6 heteroatoms. The Morgan fingerprint density at radius 2 is 1.85 bits per heavy atom. The van der Waals surface area contributed by atoms with Crippen LogP contribution in [0.2, 0.25) is 5.02 Å². The molecule has 136 valence electrons. The van der Waals surface area contributed by atoms with Crippen LogP contribution in [0.25, 0.3) is 10.9 Å². The summed E-state index contributed by atoms with van der Waals surface area (Å²) in [5, 5.41) is 4.68. The van der Waals surface area contributed by atoms with Crippen LogP contribution in [-0.4, -0.2) is 11.1 Å². The molecule has 4 rings (SSSR count). The number of rotatable bonds is 3. The average Bonchev–Trinajstić information content (AvgIpc) is 2.94. The number of halogens is 4. The molecule has 0 saturated heterocycles. The number of nitrogens with zero attached hydrogens (tertiary/aromatic N) is 1. The van der Waals surface area contributed by atoms with Crippen molar-refractivity contribution in [1.82, 2.24) is 9.88 Å². The lowest BCUT2D eigenvalue weighted by Gasteiger charge is -2.17. The predicted molar refractivity (Wildman–Crippen MR) is 97.5 cm³/mol. The van der Waals surface area contributed by atoms with Crippen LogP contribution in [0.4, 0.5) is 13.2 Å². The van der Waals surface area contributed by atoms with Crippen LogP contribution in [0, 0.1) is 0 Å². The van der Waals surface area contributed by atoms with Gasteiger partial charge in [0.15, 0.2) is 0 Å². The summed E-state index contributed by atoms with van der Waals surface area (Å²) < 4.78 is 41.6. The summed E-state index contributed by atoms with van der Waals surface area (Å²) in [6, 6.07) is 11.8. The molecule has 0 atom stereocenters. The van der Waals surface area contributed by atoms with E-state index in [9.17, 15) is 13.2 Å². The molecule has 0 radical (unpaired) electrons. The molecule has 0 aliphatic carbocycles. The van der Waals surface area contributed by atoms with Gasteiger partial charge in [0, 0.05) is 47.7 Å². The molecule has 1 N–H and O–H groups in total. The van der Waals surface area contributed by atoms with Crippen LogP contribution >= 0.6 is 11.6 Å². The summed E-state index contributed by atoms with van der Waals surface area (Å²) >= 11 is 5.93. The van der Waals surface area contributed by atoms with E-state index in [4.69, 9.17) is 11.6 Å². The third kappa shape index (κ3) is 3.21. The van der Waals surface area contributed by atoms with Gasteiger partial charge in [0.25, 0.3) is 0 Å². The summed E-state index contributed by atoms with van der Waals surface area (Å²) in [6.45, 7) is 2.19. The minimum atomic E-state index is -4.32. The SMILES string of the molecule is FC(F)(F)c1ccc2c(c1)c1c(n2CCc2ccc(Cl)cc2)CCNC1. The van der Waals surface area contributed by atoms with E-state index < -0.39 is 11.7 Å². The van der Waals surface area contributed by atoms with Gasteiger partial charge < -0.3 is 9.88 Å². The van der Waals surface area contributed by atoms with Gasteiger partial charge in [-0.1, -0.05) is 23.7 Å². The van der Waals surface area contributed by atoms with Crippen LogP contribution in [-0.2, 0) is 32.1 Å². The fraction of sp³-hybridized carbons (Fsp3) is 0.300. The summed E-state index contributed by atoms with van der Waals surface area (Å²) in [5.41, 5.74) is 3.58. The minimum Gasteiger partial charge on any atom is -0.344 e. The molecule has 1 aliphatic rings. The molecule has 0 saturated carbocycles. The van der Waals surface area contributed by atoms with E-state index in [1.54, 1.807) is 6.07 Å². The molecule has 1 aromatic heterocycles. The Kier molecular flexibility index (Phi) is 4.45. The molecular weight excluding hydrogens is 361 g/mol. The number of hydrogen-bond acceptors (Lipinski definition) is 1. The number of benzene rings is 2. The number of aromatic nitrogens is 1. The fourth-order valence-electron chi connectivity index (χ4n) is 3.70. The summed E-state index contributed by atoms with van der Waals surface area (Å²) in [7, 11) is 0. The summed E-state index contributed by atoms with van der Waals surface area (Å²) in [4.78, 5) is 0. The lowest BCUT2D eigenvalue weighted by molar-refractivity contribution is -0.137. The maximum Gasteiger partial charge on any atom is 0.416 e. The smallest absolute Gasteiger partial charge is 0.344 e. The average molecular weight is 379 g/mol. The maximum atomic E-state index is 13.1. The first-order valence-corrected chi connectivity index (χ1v) is 8.97. The monoisotopic (exact) mass is 378 g/mol. The molecule has 2 aromatic carbocycles. The predicted octanol–water partition coefficient (Wildman–Crippen LogP) is 5.20. The minimum absolute atomic E-state index is 0.590. The number of nitrogens with one attached hydrogen (secondary N) is 1. The van der Waals surface area contributed by atoms with E-state index in [-0.39, 0.29) is 0 Å². The molecule has 0 bridgehead atoms. The Labute approximate surface area is 154 Å². The first kappa shape index (κ1) is 17.4. The quantitative estimate of drug-likeness (QED) is 0.662. The molecule has 0 amide bonds. The van der Waals surface area contributed by atoms with Crippen molar-refractivity contribution < 1.29 is 13.2 Å². The second kappa shape index (κ2) is 6.63. The largest absolute Gasteiger partial charge is 0.416 e. The molecule has 0 fully saturated rings. The summed E-state index contributed by atoms with van der Waals surface area (Å²) in [6.07, 6.45) is -2.69. The Bertz CT molecular complexity index is 942. The molecule has 2 heterocycles. The van der Waals surface area contributed by atoms with Gasteiger partial charge in [-0.15, -0.1) is 0 Å². The Hall–Kier alpha value is -1.98. The van der Waals surface area contributed by atoms with Crippen LogP contribution in [0.1, 0.15) is 22.4 Å². The van der Waals surface area contributed by atoms with Gasteiger partial charge in [0.05, 0.1) is 5.56 Å². The highest BCUT2D eigenvalue weighted by Gasteiger charge is 2.31. The van der Waals surface area contributed by atoms with Crippen LogP contribution in [0.3, 0.4) is 0 Å². The molecular formula is C20H18ClF3N2. The van der Waals surface area contributed by atoms with Crippen LogP contribution in [0.15, 0.2) is 42.5 Å². The molecule has 1 aliphatic heterocycles. The van der Waals surface area contributed by atoms with Crippen molar-refractivity contribution in [3.63, 3.8) is 0 Å². The van der Waals surface area contributed by atoms with E-state index in [1.165, 1.54) is 12.1 Å². The highest BCUT2D eigenvalue weighted by Crippen LogP contribution is 2.35. The third-order valence-electron chi connectivity index (χ3n) is 4.99. The fourth-order valence-corrected chi connectivity index (χ4v) is 3.83. The van der Waals surface area contributed by atoms with Crippen molar-refractivity contribution in [2.45, 2.75) is 32.1 Å². The van der Waals surface area contributed by atoms with E-state index in [0.29, 0.717) is 17.0 Å². The van der Waals surface area contributed by atoms with Gasteiger partial charge in [-0.25, -0.2) is 0 Å². The topological polar surface area (TPSA) is 17.0 Å². The molecule has 2 nitrogen and oxygen atoms in total. The normalized spacial score (nSPS) is 14.6. The Balaban J connectivity index is 1.74. The van der Waals surface area contributed by atoms with Gasteiger partial charge in [0.2, 0.25) is 0 Å². The number of aryl methyl sites for hydroxylation is 2. The third-order valence-corrected chi connectivity index (χ3v) is 5.24. The van der Waals surface area contributed by atoms with Crippen molar-refractivity contribution >= 4 is 22.5 Å². The second-order valence-corrected chi connectivity index (χ2v) is 7.05. The van der Waals surface area contributed by atoms with Crippen molar-refractivity contribution in [3.8, 4) is 0 Å². The molecule has 3 aromatic rings. The van der Waals surface area contributed by atoms with Gasteiger partial charge >= 0.3 is 6.18 Å². The highest BCUT2D eigenvalue weighted by molar-refractivity contribution is 6.30. The second-order valence-electron chi connectivity index (χ2n) is 6.61. The lowest BCUT2D eigenvalue weighted by atomic mass is 10.0. The molecule has 0 unspecified atom stereocenters. The first-order chi connectivity index (χ1) is 12.4. The number of hydrogen-bond donors (Lipinski definition) is 1. The number of alkyl halides is 3. The molecule has 26 heavy (non-hydrogen) atoms. The van der Waals surface area contributed by atoms with Crippen LogP contribution < -0.4 is 5.32 Å². The zero-order chi connectivity index (χ0) is 18.3.